The molecule has 9 nitrogen and oxygen atoms in total. The number of aryl methyl sites for hydroxylation is 1. The van der Waals surface area contributed by atoms with E-state index in [4.69, 9.17) is 19.7 Å². The van der Waals surface area contributed by atoms with Crippen molar-refractivity contribution in [2.45, 2.75) is 6.92 Å². The van der Waals surface area contributed by atoms with E-state index in [0.29, 0.717) is 28.9 Å². The summed E-state index contributed by atoms with van der Waals surface area (Å²) >= 11 is 0. The number of amides is 2. The van der Waals surface area contributed by atoms with Crippen molar-refractivity contribution in [1.82, 2.24) is 10.1 Å². The first-order valence-corrected chi connectivity index (χ1v) is 12.0. The molecule has 4 aromatic rings. The van der Waals surface area contributed by atoms with Crippen LogP contribution in [-0.4, -0.2) is 55.5 Å². The van der Waals surface area contributed by atoms with Crippen LogP contribution in [0.5, 0.6) is 5.75 Å². The maximum absolute atomic E-state index is 13.9. The van der Waals surface area contributed by atoms with E-state index in [1.807, 2.05) is 31.2 Å². The monoisotopic (exact) mass is 505 g/mol. The summed E-state index contributed by atoms with van der Waals surface area (Å²) in [7, 11) is 0. The SMILES string of the molecule is Cc1ccc(F)c(NC(=O)Nc2ccc(-c3ccc(OCCN4CCOCC4)c4noc(N)c34)cc2)c1. The highest BCUT2D eigenvalue weighted by atomic mass is 19.1. The van der Waals surface area contributed by atoms with Crippen LogP contribution in [0.1, 0.15) is 5.56 Å². The van der Waals surface area contributed by atoms with E-state index in [1.165, 1.54) is 6.07 Å². The van der Waals surface area contributed by atoms with Gasteiger partial charge in [-0.2, -0.15) is 0 Å². The quantitative estimate of drug-likeness (QED) is 0.328. The first-order chi connectivity index (χ1) is 18.0. The zero-order valence-corrected chi connectivity index (χ0v) is 20.4. The molecule has 192 valence electrons. The van der Waals surface area contributed by atoms with Gasteiger partial charge in [-0.25, -0.2) is 9.18 Å². The number of fused-ring (bicyclic) bond motifs is 1. The molecular formula is C27H28FN5O4. The number of carbonyl (C=O) groups excluding carboxylic acids is 1. The Morgan fingerprint density at radius 3 is 2.68 bits per heavy atom. The largest absolute Gasteiger partial charge is 0.490 e. The minimum absolute atomic E-state index is 0.117. The number of nitrogens with two attached hydrogens (primary N) is 1. The minimum atomic E-state index is -0.540. The minimum Gasteiger partial charge on any atom is -0.490 e. The van der Waals surface area contributed by atoms with Gasteiger partial charge < -0.3 is 30.4 Å². The van der Waals surface area contributed by atoms with E-state index in [0.717, 1.165) is 49.5 Å². The van der Waals surface area contributed by atoms with Gasteiger partial charge in [0.05, 0.1) is 24.3 Å². The van der Waals surface area contributed by atoms with E-state index in [-0.39, 0.29) is 11.6 Å². The van der Waals surface area contributed by atoms with Gasteiger partial charge in [0, 0.05) is 25.3 Å². The normalized spacial score (nSPS) is 14.0. The van der Waals surface area contributed by atoms with E-state index in [1.54, 1.807) is 24.3 Å². The third-order valence-corrected chi connectivity index (χ3v) is 6.22. The average Bonchev–Trinajstić information content (AvgIpc) is 3.29. The summed E-state index contributed by atoms with van der Waals surface area (Å²) in [5, 5.41) is 10.0. The lowest BCUT2D eigenvalue weighted by molar-refractivity contribution is 0.0323. The molecule has 0 spiro atoms. The number of aromatic nitrogens is 1. The predicted octanol–water partition coefficient (Wildman–Crippen LogP) is 4.88. The second-order valence-electron chi connectivity index (χ2n) is 8.82. The molecule has 1 aliphatic heterocycles. The number of ether oxygens (including phenoxy) is 2. The fraction of sp³-hybridized carbons (Fsp3) is 0.259. The van der Waals surface area contributed by atoms with Crippen LogP contribution in [0.2, 0.25) is 0 Å². The second-order valence-corrected chi connectivity index (χ2v) is 8.82. The number of rotatable bonds is 7. The van der Waals surface area contributed by atoms with Crippen molar-refractivity contribution in [2.75, 3.05) is 55.8 Å². The third-order valence-electron chi connectivity index (χ3n) is 6.22. The van der Waals surface area contributed by atoms with E-state index in [9.17, 15) is 9.18 Å². The first-order valence-electron chi connectivity index (χ1n) is 12.0. The molecule has 5 rings (SSSR count). The fourth-order valence-corrected chi connectivity index (χ4v) is 4.27. The summed E-state index contributed by atoms with van der Waals surface area (Å²) < 4.78 is 30.6. The molecule has 1 aromatic heterocycles. The van der Waals surface area contributed by atoms with Crippen molar-refractivity contribution in [3.05, 3.63) is 66.0 Å². The van der Waals surface area contributed by atoms with Crippen LogP contribution < -0.4 is 21.1 Å². The fourth-order valence-electron chi connectivity index (χ4n) is 4.27. The van der Waals surface area contributed by atoms with Crippen LogP contribution in [-0.2, 0) is 4.74 Å². The van der Waals surface area contributed by atoms with Crippen LogP contribution in [0.3, 0.4) is 0 Å². The molecule has 0 aliphatic carbocycles. The molecule has 37 heavy (non-hydrogen) atoms. The maximum Gasteiger partial charge on any atom is 0.323 e. The summed E-state index contributed by atoms with van der Waals surface area (Å²) in [5.74, 6) is 0.302. The Balaban J connectivity index is 1.28. The van der Waals surface area contributed by atoms with Crippen LogP contribution in [0.25, 0.3) is 22.0 Å². The van der Waals surface area contributed by atoms with Crippen LogP contribution >= 0.6 is 0 Å². The van der Waals surface area contributed by atoms with Crippen molar-refractivity contribution >= 4 is 34.2 Å². The van der Waals surface area contributed by atoms with Gasteiger partial charge in [-0.15, -0.1) is 0 Å². The second kappa shape index (κ2) is 10.9. The maximum atomic E-state index is 13.9. The summed E-state index contributed by atoms with van der Waals surface area (Å²) in [6, 6.07) is 15.0. The highest BCUT2D eigenvalue weighted by Crippen LogP contribution is 2.38. The van der Waals surface area contributed by atoms with Gasteiger partial charge in [-0.05, 0) is 60.0 Å². The predicted molar refractivity (Wildman–Crippen MR) is 140 cm³/mol. The standard InChI is InChI=1S/C27H28FN5O4/c1-17-2-8-21(28)22(16-17)31-27(34)30-19-5-3-18(4-6-19)20-7-9-23(25-24(20)26(29)37-32-25)36-15-12-33-10-13-35-14-11-33/h2-9,16H,10-15,29H2,1H3,(H2,30,31,34). The smallest absolute Gasteiger partial charge is 0.323 e. The van der Waals surface area contributed by atoms with Gasteiger partial charge in [-0.1, -0.05) is 23.4 Å². The highest BCUT2D eigenvalue weighted by Gasteiger charge is 2.18. The topological polar surface area (TPSA) is 115 Å². The molecule has 0 unspecified atom stereocenters. The lowest BCUT2D eigenvalue weighted by Crippen LogP contribution is -2.38. The number of anilines is 3. The van der Waals surface area contributed by atoms with E-state index >= 15 is 0 Å². The Hall–Kier alpha value is -4.15. The Bertz CT molecular complexity index is 1400. The molecule has 0 bridgehead atoms. The molecule has 4 N–H and O–H groups in total. The molecule has 3 aromatic carbocycles. The number of urea groups is 1. The van der Waals surface area contributed by atoms with Crippen LogP contribution in [0.15, 0.2) is 59.1 Å². The first kappa shape index (κ1) is 24.5. The number of hydrogen-bond acceptors (Lipinski definition) is 7. The van der Waals surface area contributed by atoms with E-state index in [2.05, 4.69) is 20.7 Å². The molecule has 2 heterocycles. The van der Waals surface area contributed by atoms with Crippen molar-refractivity contribution in [3.8, 4) is 16.9 Å². The van der Waals surface area contributed by atoms with Crippen molar-refractivity contribution in [2.24, 2.45) is 0 Å². The van der Waals surface area contributed by atoms with Crippen LogP contribution in [0, 0.1) is 12.7 Å². The number of hydrogen-bond donors (Lipinski definition) is 3. The van der Waals surface area contributed by atoms with Gasteiger partial charge in [0.1, 0.15) is 18.2 Å². The molecule has 0 radical (unpaired) electrons. The highest BCUT2D eigenvalue weighted by molar-refractivity contribution is 6.04. The van der Waals surface area contributed by atoms with Crippen LogP contribution in [0.4, 0.5) is 26.4 Å². The number of halogens is 1. The summed E-state index contributed by atoms with van der Waals surface area (Å²) in [6.07, 6.45) is 0. The zero-order chi connectivity index (χ0) is 25.8. The molecule has 0 saturated carbocycles. The van der Waals surface area contributed by atoms with Crippen molar-refractivity contribution in [3.63, 3.8) is 0 Å². The average molecular weight is 506 g/mol. The number of carbonyl (C=O) groups is 1. The molecule has 0 atom stereocenters. The van der Waals surface area contributed by atoms with E-state index < -0.39 is 11.8 Å². The Labute approximate surface area is 213 Å². The summed E-state index contributed by atoms with van der Waals surface area (Å²) in [5.41, 5.74) is 9.86. The molecule has 10 heteroatoms. The number of nitrogens with zero attached hydrogens (tertiary/aromatic N) is 2. The molecular weight excluding hydrogens is 477 g/mol. The summed E-state index contributed by atoms with van der Waals surface area (Å²) in [6.45, 7) is 6.39. The molecule has 2 amide bonds. The van der Waals surface area contributed by atoms with Gasteiger partial charge in [0.15, 0.2) is 5.52 Å². The van der Waals surface area contributed by atoms with Gasteiger partial charge >= 0.3 is 6.03 Å². The zero-order valence-electron chi connectivity index (χ0n) is 20.4. The van der Waals surface area contributed by atoms with Crippen molar-refractivity contribution in [1.29, 1.82) is 0 Å². The van der Waals surface area contributed by atoms with Gasteiger partial charge in [-0.3, -0.25) is 4.90 Å². The Morgan fingerprint density at radius 1 is 1.11 bits per heavy atom. The third kappa shape index (κ3) is 5.65. The molecule has 1 aliphatic rings. The number of benzene rings is 3. The summed E-state index contributed by atoms with van der Waals surface area (Å²) in [4.78, 5) is 14.7. The number of morpholine rings is 1. The molecule has 1 fully saturated rings. The van der Waals surface area contributed by atoms with Gasteiger partial charge in [0.2, 0.25) is 5.88 Å². The number of nitrogens with one attached hydrogen (secondary N) is 2. The Morgan fingerprint density at radius 2 is 1.89 bits per heavy atom. The lowest BCUT2D eigenvalue weighted by Gasteiger charge is -2.26. The van der Waals surface area contributed by atoms with Gasteiger partial charge in [0.25, 0.3) is 0 Å². The lowest BCUT2D eigenvalue weighted by atomic mass is 10.0. The van der Waals surface area contributed by atoms with Crippen molar-refractivity contribution < 1.29 is 23.2 Å². The Kier molecular flexibility index (Phi) is 7.20. The number of nitrogen functional groups attached to an aromatic ring is 1. The molecule has 1 saturated heterocycles.